The van der Waals surface area contributed by atoms with E-state index in [9.17, 15) is 4.79 Å². The Labute approximate surface area is 113 Å². The monoisotopic (exact) mass is 263 g/mol. The maximum Gasteiger partial charge on any atom is 0.270 e. The van der Waals surface area contributed by atoms with Crippen LogP contribution < -0.4 is 16.6 Å². The number of nitrogen functional groups attached to an aromatic ring is 1. The van der Waals surface area contributed by atoms with Gasteiger partial charge in [-0.15, -0.1) is 0 Å². The molecule has 1 aliphatic carbocycles. The SMILES string of the molecule is Cc1cc(C(=O)NC2CCC(C)CC2)nc(NN)n1. The second-order valence-corrected chi connectivity index (χ2v) is 5.29. The second kappa shape index (κ2) is 5.97. The molecular formula is C13H21N5O. The van der Waals surface area contributed by atoms with Crippen molar-refractivity contribution in [3.63, 3.8) is 0 Å². The van der Waals surface area contributed by atoms with Gasteiger partial charge >= 0.3 is 0 Å². The summed E-state index contributed by atoms with van der Waals surface area (Å²) in [7, 11) is 0. The van der Waals surface area contributed by atoms with E-state index in [0.717, 1.165) is 18.8 Å². The lowest BCUT2D eigenvalue weighted by molar-refractivity contribution is 0.0917. The van der Waals surface area contributed by atoms with Gasteiger partial charge in [-0.2, -0.15) is 0 Å². The van der Waals surface area contributed by atoms with Gasteiger partial charge in [-0.25, -0.2) is 15.8 Å². The quantitative estimate of drug-likeness (QED) is 0.566. The predicted octanol–water partition coefficient (Wildman–Crippen LogP) is 1.38. The molecule has 0 saturated heterocycles. The molecule has 0 spiro atoms. The highest BCUT2D eigenvalue weighted by molar-refractivity contribution is 5.92. The molecule has 6 heteroatoms. The summed E-state index contributed by atoms with van der Waals surface area (Å²) in [6.07, 6.45) is 4.42. The molecule has 0 aliphatic heterocycles. The Morgan fingerprint density at radius 3 is 2.63 bits per heavy atom. The van der Waals surface area contributed by atoms with E-state index >= 15 is 0 Å². The summed E-state index contributed by atoms with van der Waals surface area (Å²) in [5, 5.41) is 3.04. The first-order valence-electron chi connectivity index (χ1n) is 6.71. The van der Waals surface area contributed by atoms with Crippen LogP contribution in [0.3, 0.4) is 0 Å². The molecule has 0 bridgehead atoms. The zero-order valence-corrected chi connectivity index (χ0v) is 11.4. The van der Waals surface area contributed by atoms with E-state index in [2.05, 4.69) is 27.6 Å². The van der Waals surface area contributed by atoms with Crippen LogP contribution >= 0.6 is 0 Å². The van der Waals surface area contributed by atoms with Crippen molar-refractivity contribution in [1.82, 2.24) is 15.3 Å². The molecule has 6 nitrogen and oxygen atoms in total. The van der Waals surface area contributed by atoms with E-state index in [4.69, 9.17) is 5.84 Å². The Hall–Kier alpha value is -1.69. The first kappa shape index (κ1) is 13.7. The zero-order chi connectivity index (χ0) is 13.8. The third kappa shape index (κ3) is 3.64. The van der Waals surface area contributed by atoms with Gasteiger partial charge in [-0.1, -0.05) is 6.92 Å². The van der Waals surface area contributed by atoms with Crippen molar-refractivity contribution >= 4 is 11.9 Å². The highest BCUT2D eigenvalue weighted by Gasteiger charge is 2.21. The van der Waals surface area contributed by atoms with Gasteiger partial charge in [0.25, 0.3) is 5.91 Å². The number of hydrogen-bond acceptors (Lipinski definition) is 5. The van der Waals surface area contributed by atoms with Crippen LogP contribution in [0.25, 0.3) is 0 Å². The van der Waals surface area contributed by atoms with Crippen LogP contribution in [0.2, 0.25) is 0 Å². The van der Waals surface area contributed by atoms with Crippen molar-refractivity contribution in [3.05, 3.63) is 17.5 Å². The molecular weight excluding hydrogens is 242 g/mol. The number of carbonyl (C=O) groups excluding carboxylic acids is 1. The average molecular weight is 263 g/mol. The number of nitrogens with zero attached hydrogens (tertiary/aromatic N) is 2. The Kier molecular flexibility index (Phi) is 4.31. The number of nitrogens with one attached hydrogen (secondary N) is 2. The van der Waals surface area contributed by atoms with Crippen LogP contribution in [0.5, 0.6) is 0 Å². The number of hydrazine groups is 1. The molecule has 19 heavy (non-hydrogen) atoms. The molecule has 1 heterocycles. The molecule has 0 unspecified atom stereocenters. The zero-order valence-electron chi connectivity index (χ0n) is 11.4. The average Bonchev–Trinajstić information content (AvgIpc) is 2.40. The van der Waals surface area contributed by atoms with Gasteiger partial charge < -0.3 is 5.32 Å². The number of carbonyl (C=O) groups is 1. The summed E-state index contributed by atoms with van der Waals surface area (Å²) in [4.78, 5) is 20.3. The van der Waals surface area contributed by atoms with Gasteiger partial charge in [-0.3, -0.25) is 10.2 Å². The smallest absolute Gasteiger partial charge is 0.270 e. The molecule has 1 saturated carbocycles. The van der Waals surface area contributed by atoms with Crippen LogP contribution in [0.1, 0.15) is 48.8 Å². The second-order valence-electron chi connectivity index (χ2n) is 5.29. The van der Waals surface area contributed by atoms with Gasteiger partial charge in [0.1, 0.15) is 5.69 Å². The third-order valence-corrected chi connectivity index (χ3v) is 3.57. The van der Waals surface area contributed by atoms with E-state index in [1.807, 2.05) is 6.92 Å². The lowest BCUT2D eigenvalue weighted by atomic mass is 9.87. The fourth-order valence-corrected chi connectivity index (χ4v) is 2.41. The number of hydrogen-bond donors (Lipinski definition) is 3. The van der Waals surface area contributed by atoms with Crippen molar-refractivity contribution in [2.45, 2.75) is 45.6 Å². The Balaban J connectivity index is 2.01. The molecule has 1 fully saturated rings. The highest BCUT2D eigenvalue weighted by atomic mass is 16.1. The molecule has 1 aliphatic rings. The maximum absolute atomic E-state index is 12.1. The summed E-state index contributed by atoms with van der Waals surface area (Å²) >= 11 is 0. The van der Waals surface area contributed by atoms with E-state index in [1.165, 1.54) is 12.8 Å². The highest BCUT2D eigenvalue weighted by Crippen LogP contribution is 2.23. The van der Waals surface area contributed by atoms with Crippen LogP contribution in [0.4, 0.5) is 5.95 Å². The minimum Gasteiger partial charge on any atom is -0.348 e. The number of anilines is 1. The van der Waals surface area contributed by atoms with Crippen molar-refractivity contribution in [2.24, 2.45) is 11.8 Å². The van der Waals surface area contributed by atoms with Crippen LogP contribution in [0, 0.1) is 12.8 Å². The Morgan fingerprint density at radius 2 is 2.00 bits per heavy atom. The molecule has 1 aromatic rings. The molecule has 1 amide bonds. The molecule has 104 valence electrons. The first-order valence-corrected chi connectivity index (χ1v) is 6.71. The Morgan fingerprint density at radius 1 is 1.32 bits per heavy atom. The lowest BCUT2D eigenvalue weighted by Crippen LogP contribution is -2.37. The topological polar surface area (TPSA) is 92.9 Å². The van der Waals surface area contributed by atoms with E-state index in [-0.39, 0.29) is 17.9 Å². The van der Waals surface area contributed by atoms with E-state index in [0.29, 0.717) is 11.4 Å². The first-order chi connectivity index (χ1) is 9.08. The Bertz CT molecular complexity index is 454. The molecule has 4 N–H and O–H groups in total. The summed E-state index contributed by atoms with van der Waals surface area (Å²) in [6, 6.07) is 1.93. The van der Waals surface area contributed by atoms with E-state index < -0.39 is 0 Å². The number of aromatic nitrogens is 2. The largest absolute Gasteiger partial charge is 0.348 e. The third-order valence-electron chi connectivity index (χ3n) is 3.57. The minimum absolute atomic E-state index is 0.151. The van der Waals surface area contributed by atoms with Gasteiger partial charge in [0.2, 0.25) is 5.95 Å². The van der Waals surface area contributed by atoms with Crippen molar-refractivity contribution in [2.75, 3.05) is 5.43 Å². The van der Waals surface area contributed by atoms with Crippen molar-refractivity contribution in [3.8, 4) is 0 Å². The van der Waals surface area contributed by atoms with Crippen LogP contribution in [-0.2, 0) is 0 Å². The van der Waals surface area contributed by atoms with Gasteiger partial charge in [0.05, 0.1) is 0 Å². The fraction of sp³-hybridized carbons (Fsp3) is 0.615. The molecule has 0 aromatic carbocycles. The number of aryl methyl sites for hydroxylation is 1. The molecule has 0 radical (unpaired) electrons. The summed E-state index contributed by atoms with van der Waals surface area (Å²) in [5.41, 5.74) is 3.44. The summed E-state index contributed by atoms with van der Waals surface area (Å²) < 4.78 is 0. The fourth-order valence-electron chi connectivity index (χ4n) is 2.41. The number of nitrogens with two attached hydrogens (primary N) is 1. The molecule has 2 rings (SSSR count). The standard InChI is InChI=1S/C13H21N5O/c1-8-3-5-10(6-4-8)16-12(19)11-7-9(2)15-13(17-11)18-14/h7-8,10H,3-6,14H2,1-2H3,(H,16,19)(H,15,17,18). The normalized spacial score (nSPS) is 22.9. The summed E-state index contributed by atoms with van der Waals surface area (Å²) in [5.74, 6) is 6.16. The molecule has 0 atom stereocenters. The number of amides is 1. The van der Waals surface area contributed by atoms with Gasteiger partial charge in [0, 0.05) is 11.7 Å². The van der Waals surface area contributed by atoms with Gasteiger partial charge in [0.15, 0.2) is 0 Å². The van der Waals surface area contributed by atoms with Crippen molar-refractivity contribution in [1.29, 1.82) is 0 Å². The lowest BCUT2D eigenvalue weighted by Gasteiger charge is -2.26. The summed E-state index contributed by atoms with van der Waals surface area (Å²) in [6.45, 7) is 4.06. The van der Waals surface area contributed by atoms with Crippen molar-refractivity contribution < 1.29 is 4.79 Å². The van der Waals surface area contributed by atoms with Crippen LogP contribution in [-0.4, -0.2) is 21.9 Å². The minimum atomic E-state index is -0.151. The molecule has 1 aromatic heterocycles. The predicted molar refractivity (Wildman–Crippen MR) is 73.5 cm³/mol. The maximum atomic E-state index is 12.1. The number of rotatable bonds is 3. The van der Waals surface area contributed by atoms with Crippen LogP contribution in [0.15, 0.2) is 6.07 Å². The van der Waals surface area contributed by atoms with E-state index in [1.54, 1.807) is 6.07 Å². The van der Waals surface area contributed by atoms with Gasteiger partial charge in [-0.05, 0) is 44.6 Å².